The monoisotopic (exact) mass is 194 g/mol. The lowest BCUT2D eigenvalue weighted by atomic mass is 10.1. The first-order chi connectivity index (χ1) is 6.70. The van der Waals surface area contributed by atoms with E-state index in [-0.39, 0.29) is 16.9 Å². The summed E-state index contributed by atoms with van der Waals surface area (Å²) < 4.78 is 17.3. The van der Waals surface area contributed by atoms with Gasteiger partial charge in [0.2, 0.25) is 0 Å². The zero-order chi connectivity index (χ0) is 10.1. The summed E-state index contributed by atoms with van der Waals surface area (Å²) in [5.41, 5.74) is -0.142. The highest BCUT2D eigenvalue weighted by molar-refractivity contribution is 5.81. The van der Waals surface area contributed by atoms with Crippen LogP contribution in [0.15, 0.2) is 33.5 Å². The summed E-state index contributed by atoms with van der Waals surface area (Å²) in [7, 11) is 0. The lowest BCUT2D eigenvalue weighted by Crippen LogP contribution is -1.99. The maximum Gasteiger partial charge on any atom is 0.336 e. The van der Waals surface area contributed by atoms with Gasteiger partial charge in [0, 0.05) is 23.1 Å². The predicted molar refractivity (Wildman–Crippen MR) is 49.0 cm³/mol. The lowest BCUT2D eigenvalue weighted by molar-refractivity contribution is 0.470. The van der Waals surface area contributed by atoms with Crippen molar-refractivity contribution in [3.8, 4) is 5.75 Å². The number of hydrogen-bond donors (Lipinski definition) is 1. The van der Waals surface area contributed by atoms with Gasteiger partial charge in [-0.1, -0.05) is 0 Å². The second kappa shape index (κ2) is 3.14. The van der Waals surface area contributed by atoms with Crippen LogP contribution in [0.2, 0.25) is 0 Å². The van der Waals surface area contributed by atoms with E-state index in [0.717, 1.165) is 6.07 Å². The zero-order valence-electron chi connectivity index (χ0n) is 7.16. The van der Waals surface area contributed by atoms with Gasteiger partial charge in [-0.05, 0) is 12.1 Å². The number of halogens is 1. The third-order valence-corrected chi connectivity index (χ3v) is 1.96. The molecule has 0 aliphatic heterocycles. The molecule has 0 aliphatic carbocycles. The number of aromatic hydroxyl groups is 1. The van der Waals surface area contributed by atoms with E-state index in [0.29, 0.717) is 5.39 Å². The summed E-state index contributed by atoms with van der Waals surface area (Å²) in [6.07, 6.45) is 0. The normalized spacial score (nSPS) is 10.6. The molecule has 0 radical (unpaired) electrons. The van der Waals surface area contributed by atoms with Crippen LogP contribution in [0, 0.1) is 0 Å². The van der Waals surface area contributed by atoms with Crippen molar-refractivity contribution in [2.75, 3.05) is 0 Å². The van der Waals surface area contributed by atoms with E-state index in [2.05, 4.69) is 0 Å². The molecule has 0 saturated carbocycles. The minimum atomic E-state index is -0.729. The molecule has 2 aromatic rings. The molecule has 14 heavy (non-hydrogen) atoms. The van der Waals surface area contributed by atoms with Crippen LogP contribution in [0.4, 0.5) is 4.39 Å². The Labute approximate surface area is 78.4 Å². The van der Waals surface area contributed by atoms with Crippen LogP contribution in [-0.2, 0) is 6.67 Å². The van der Waals surface area contributed by atoms with Crippen molar-refractivity contribution >= 4 is 11.0 Å². The van der Waals surface area contributed by atoms with Gasteiger partial charge in [0.25, 0.3) is 0 Å². The summed E-state index contributed by atoms with van der Waals surface area (Å²) >= 11 is 0. The van der Waals surface area contributed by atoms with Gasteiger partial charge in [-0.2, -0.15) is 0 Å². The Morgan fingerprint density at radius 1 is 1.36 bits per heavy atom. The Bertz CT molecular complexity index is 530. The molecule has 0 fully saturated rings. The van der Waals surface area contributed by atoms with Crippen molar-refractivity contribution in [3.05, 3.63) is 40.2 Å². The third kappa shape index (κ3) is 1.35. The van der Waals surface area contributed by atoms with Crippen molar-refractivity contribution in [1.82, 2.24) is 0 Å². The fraction of sp³-hybridized carbons (Fsp3) is 0.100. The van der Waals surface area contributed by atoms with Gasteiger partial charge in [-0.15, -0.1) is 0 Å². The van der Waals surface area contributed by atoms with Crippen LogP contribution in [0.5, 0.6) is 5.75 Å². The van der Waals surface area contributed by atoms with Gasteiger partial charge in [0.1, 0.15) is 18.0 Å². The molecule has 72 valence electrons. The van der Waals surface area contributed by atoms with Crippen LogP contribution < -0.4 is 5.63 Å². The standard InChI is InChI=1S/C10H7FO3/c11-5-6-3-10(13)14-9-4-7(12)1-2-8(6)9/h1-4,12H,5H2. The van der Waals surface area contributed by atoms with Crippen molar-refractivity contribution < 1.29 is 13.9 Å². The molecule has 3 nitrogen and oxygen atoms in total. The Hall–Kier alpha value is -1.84. The molecule has 0 spiro atoms. The van der Waals surface area contributed by atoms with Crippen LogP contribution >= 0.6 is 0 Å². The SMILES string of the molecule is O=c1cc(CF)c2ccc(O)cc2o1. The number of fused-ring (bicyclic) bond motifs is 1. The van der Waals surface area contributed by atoms with Crippen LogP contribution in [0.3, 0.4) is 0 Å². The Kier molecular flexibility index (Phi) is 1.96. The summed E-state index contributed by atoms with van der Waals surface area (Å²) in [5.74, 6) is -0.0170. The fourth-order valence-electron chi connectivity index (χ4n) is 1.33. The predicted octanol–water partition coefficient (Wildman–Crippen LogP) is 1.97. The second-order valence-corrected chi connectivity index (χ2v) is 2.90. The first kappa shape index (κ1) is 8.74. The number of alkyl halides is 1. The quantitative estimate of drug-likeness (QED) is 0.706. The second-order valence-electron chi connectivity index (χ2n) is 2.90. The molecule has 0 saturated heterocycles. The topological polar surface area (TPSA) is 50.4 Å². The highest BCUT2D eigenvalue weighted by Gasteiger charge is 2.05. The van der Waals surface area contributed by atoms with Gasteiger partial charge in [0.15, 0.2) is 0 Å². The van der Waals surface area contributed by atoms with E-state index in [1.165, 1.54) is 18.2 Å². The van der Waals surface area contributed by atoms with E-state index in [9.17, 15) is 9.18 Å². The highest BCUT2D eigenvalue weighted by atomic mass is 19.1. The first-order valence-electron chi connectivity index (χ1n) is 4.02. The minimum absolute atomic E-state index is 0.0170. The average Bonchev–Trinajstić information content (AvgIpc) is 2.15. The van der Waals surface area contributed by atoms with Crippen molar-refractivity contribution in [2.24, 2.45) is 0 Å². The van der Waals surface area contributed by atoms with E-state index in [4.69, 9.17) is 9.52 Å². The average molecular weight is 194 g/mol. The summed E-state index contributed by atoms with van der Waals surface area (Å²) in [6, 6.07) is 5.33. The van der Waals surface area contributed by atoms with Crippen LogP contribution in [0.1, 0.15) is 5.56 Å². The van der Waals surface area contributed by atoms with Gasteiger partial charge < -0.3 is 9.52 Å². The maximum atomic E-state index is 12.5. The number of phenols is 1. The highest BCUT2D eigenvalue weighted by Crippen LogP contribution is 2.21. The number of benzene rings is 1. The molecular weight excluding hydrogens is 187 g/mol. The minimum Gasteiger partial charge on any atom is -0.508 e. The van der Waals surface area contributed by atoms with E-state index in [1.807, 2.05) is 0 Å². The Morgan fingerprint density at radius 3 is 2.86 bits per heavy atom. The van der Waals surface area contributed by atoms with Crippen LogP contribution in [-0.4, -0.2) is 5.11 Å². The molecule has 0 atom stereocenters. The molecule has 2 rings (SSSR count). The van der Waals surface area contributed by atoms with Crippen molar-refractivity contribution in [2.45, 2.75) is 6.67 Å². The maximum absolute atomic E-state index is 12.5. The molecule has 1 N–H and O–H groups in total. The van der Waals surface area contributed by atoms with Gasteiger partial charge in [-0.3, -0.25) is 0 Å². The summed E-state index contributed by atoms with van der Waals surface area (Å²) in [4.78, 5) is 11.0. The lowest BCUT2D eigenvalue weighted by Gasteiger charge is -2.00. The summed E-state index contributed by atoms with van der Waals surface area (Å²) in [5, 5.41) is 9.63. The van der Waals surface area contributed by atoms with Crippen molar-refractivity contribution in [3.63, 3.8) is 0 Å². The molecule has 0 amide bonds. The number of hydrogen-bond acceptors (Lipinski definition) is 3. The Morgan fingerprint density at radius 2 is 2.14 bits per heavy atom. The molecular formula is C10H7FO3. The van der Waals surface area contributed by atoms with Gasteiger partial charge >= 0.3 is 5.63 Å². The molecule has 1 aromatic carbocycles. The van der Waals surface area contributed by atoms with Crippen LogP contribution in [0.25, 0.3) is 11.0 Å². The Balaban J connectivity index is 2.87. The number of phenolic OH excluding ortho intramolecular Hbond substituents is 1. The molecule has 0 aliphatic rings. The summed E-state index contributed by atoms with van der Waals surface area (Å²) in [6.45, 7) is -0.729. The molecule has 1 aromatic heterocycles. The van der Waals surface area contributed by atoms with E-state index >= 15 is 0 Å². The first-order valence-corrected chi connectivity index (χ1v) is 4.02. The zero-order valence-corrected chi connectivity index (χ0v) is 7.16. The van der Waals surface area contributed by atoms with E-state index < -0.39 is 12.3 Å². The molecule has 4 heteroatoms. The van der Waals surface area contributed by atoms with Gasteiger partial charge in [-0.25, -0.2) is 9.18 Å². The number of rotatable bonds is 1. The third-order valence-electron chi connectivity index (χ3n) is 1.96. The largest absolute Gasteiger partial charge is 0.508 e. The van der Waals surface area contributed by atoms with E-state index in [1.54, 1.807) is 0 Å². The molecule has 0 bridgehead atoms. The molecule has 1 heterocycles. The van der Waals surface area contributed by atoms with Crippen molar-refractivity contribution in [1.29, 1.82) is 0 Å². The van der Waals surface area contributed by atoms with Gasteiger partial charge in [0.05, 0.1) is 0 Å². The smallest absolute Gasteiger partial charge is 0.336 e. The molecule has 0 unspecified atom stereocenters. The fourth-order valence-corrected chi connectivity index (χ4v) is 1.33.